The molecule has 1 atom stereocenters. The van der Waals surface area contributed by atoms with E-state index in [2.05, 4.69) is 35.7 Å². The second kappa shape index (κ2) is 7.46. The van der Waals surface area contributed by atoms with Crippen molar-refractivity contribution in [1.82, 2.24) is 15.1 Å². The van der Waals surface area contributed by atoms with E-state index in [1.165, 1.54) is 11.1 Å². The van der Waals surface area contributed by atoms with Crippen LogP contribution in [0.15, 0.2) is 36.7 Å². The first kappa shape index (κ1) is 15.1. The van der Waals surface area contributed by atoms with Crippen LogP contribution >= 0.6 is 11.6 Å². The van der Waals surface area contributed by atoms with Crippen molar-refractivity contribution in [2.75, 3.05) is 13.1 Å². The Morgan fingerprint density at radius 3 is 2.75 bits per heavy atom. The maximum atomic E-state index is 6.07. The van der Waals surface area contributed by atoms with Gasteiger partial charge in [-0.15, -0.1) is 0 Å². The molecule has 1 unspecified atom stereocenters. The maximum Gasteiger partial charge on any atom is 0.0521 e. The number of nitrogens with one attached hydrogen (secondary N) is 1. The Hall–Kier alpha value is -1.32. The summed E-state index contributed by atoms with van der Waals surface area (Å²) in [6.45, 7) is 4.15. The van der Waals surface area contributed by atoms with Gasteiger partial charge in [0.1, 0.15) is 0 Å². The smallest absolute Gasteiger partial charge is 0.0521 e. The zero-order valence-electron chi connectivity index (χ0n) is 12.1. The lowest BCUT2D eigenvalue weighted by atomic mass is 9.93. The van der Waals surface area contributed by atoms with Crippen LogP contribution in [0, 0.1) is 5.92 Å². The molecule has 1 aromatic carbocycles. The Bertz CT molecular complexity index is 536. The van der Waals surface area contributed by atoms with Gasteiger partial charge >= 0.3 is 0 Å². The van der Waals surface area contributed by atoms with E-state index in [0.29, 0.717) is 5.92 Å². The number of aromatic nitrogens is 2. The molecule has 0 saturated carbocycles. The van der Waals surface area contributed by atoms with Crippen molar-refractivity contribution in [3.8, 4) is 0 Å². The Morgan fingerprint density at radius 1 is 1.30 bits per heavy atom. The van der Waals surface area contributed by atoms with Crippen LogP contribution in [-0.2, 0) is 19.9 Å². The second-order valence-corrected chi connectivity index (χ2v) is 5.67. The van der Waals surface area contributed by atoms with Gasteiger partial charge in [-0.05, 0) is 55.1 Å². The summed E-state index contributed by atoms with van der Waals surface area (Å²) >= 11 is 6.07. The average Bonchev–Trinajstić information content (AvgIpc) is 2.81. The topological polar surface area (TPSA) is 29.9 Å². The van der Waals surface area contributed by atoms with Crippen LogP contribution in [0.3, 0.4) is 0 Å². The molecule has 20 heavy (non-hydrogen) atoms. The fourth-order valence-corrected chi connectivity index (χ4v) is 2.69. The number of hydrogen-bond acceptors (Lipinski definition) is 2. The van der Waals surface area contributed by atoms with Gasteiger partial charge in [0.15, 0.2) is 0 Å². The third-order valence-electron chi connectivity index (χ3n) is 3.38. The van der Waals surface area contributed by atoms with Crippen LogP contribution in [0.25, 0.3) is 0 Å². The first-order valence-electron chi connectivity index (χ1n) is 7.10. The summed E-state index contributed by atoms with van der Waals surface area (Å²) in [5, 5.41) is 8.51. The molecule has 0 saturated heterocycles. The molecule has 0 aliphatic carbocycles. The van der Waals surface area contributed by atoms with Crippen LogP contribution in [0.5, 0.6) is 0 Å². The van der Waals surface area contributed by atoms with Crippen molar-refractivity contribution in [3.63, 3.8) is 0 Å². The number of hydrogen-bond donors (Lipinski definition) is 1. The van der Waals surface area contributed by atoms with Gasteiger partial charge in [-0.3, -0.25) is 4.68 Å². The molecule has 0 amide bonds. The van der Waals surface area contributed by atoms with Gasteiger partial charge in [0.05, 0.1) is 6.20 Å². The molecule has 1 aromatic heterocycles. The van der Waals surface area contributed by atoms with Crippen molar-refractivity contribution < 1.29 is 0 Å². The normalized spacial score (nSPS) is 12.6. The molecule has 1 heterocycles. The average molecular weight is 292 g/mol. The summed E-state index contributed by atoms with van der Waals surface area (Å²) in [5.74, 6) is 0.553. The maximum absolute atomic E-state index is 6.07. The van der Waals surface area contributed by atoms with Crippen molar-refractivity contribution in [2.24, 2.45) is 13.0 Å². The lowest BCUT2D eigenvalue weighted by Crippen LogP contribution is -2.25. The molecule has 0 aliphatic rings. The minimum atomic E-state index is 0.553. The fourth-order valence-electron chi connectivity index (χ4n) is 2.47. The predicted molar refractivity (Wildman–Crippen MR) is 84.1 cm³/mol. The van der Waals surface area contributed by atoms with Gasteiger partial charge in [-0.1, -0.05) is 30.7 Å². The molecule has 3 nitrogen and oxygen atoms in total. The summed E-state index contributed by atoms with van der Waals surface area (Å²) < 4.78 is 1.86. The van der Waals surface area contributed by atoms with E-state index in [-0.39, 0.29) is 0 Å². The van der Waals surface area contributed by atoms with Crippen LogP contribution in [-0.4, -0.2) is 22.9 Å². The fraction of sp³-hybridized carbons (Fsp3) is 0.438. The van der Waals surface area contributed by atoms with Crippen LogP contribution in [0.2, 0.25) is 5.02 Å². The van der Waals surface area contributed by atoms with Gasteiger partial charge in [0.2, 0.25) is 0 Å². The number of halogens is 1. The molecule has 0 bridgehead atoms. The van der Waals surface area contributed by atoms with Gasteiger partial charge in [0, 0.05) is 18.3 Å². The molecule has 0 spiro atoms. The van der Waals surface area contributed by atoms with Gasteiger partial charge < -0.3 is 5.32 Å². The lowest BCUT2D eigenvalue weighted by Gasteiger charge is -2.17. The molecule has 108 valence electrons. The first-order chi connectivity index (χ1) is 9.67. The minimum Gasteiger partial charge on any atom is -0.317 e. The summed E-state index contributed by atoms with van der Waals surface area (Å²) in [4.78, 5) is 0. The molecular weight excluding hydrogens is 270 g/mol. The SMILES string of the molecule is CCNCC(Cc1cccc(Cl)c1)Cc1cnn(C)c1. The monoisotopic (exact) mass is 291 g/mol. The van der Waals surface area contributed by atoms with Gasteiger partial charge in [-0.25, -0.2) is 0 Å². The quantitative estimate of drug-likeness (QED) is 0.849. The molecule has 4 heteroatoms. The van der Waals surface area contributed by atoms with E-state index in [1.807, 2.05) is 30.1 Å². The zero-order chi connectivity index (χ0) is 14.4. The Kier molecular flexibility index (Phi) is 5.62. The highest BCUT2D eigenvalue weighted by atomic mass is 35.5. The van der Waals surface area contributed by atoms with Crippen molar-refractivity contribution in [2.45, 2.75) is 19.8 Å². The number of aryl methyl sites for hydroxylation is 1. The number of rotatable bonds is 7. The molecule has 0 radical (unpaired) electrons. The van der Waals surface area contributed by atoms with E-state index in [0.717, 1.165) is 31.0 Å². The van der Waals surface area contributed by atoms with E-state index in [1.54, 1.807) is 0 Å². The summed E-state index contributed by atoms with van der Waals surface area (Å²) in [7, 11) is 1.96. The van der Waals surface area contributed by atoms with E-state index in [9.17, 15) is 0 Å². The standard InChI is InChI=1S/C16H22ClN3/c1-3-18-10-14(8-15-11-19-20(2)12-15)7-13-5-4-6-16(17)9-13/h4-6,9,11-12,14,18H,3,7-8,10H2,1-2H3. The summed E-state index contributed by atoms with van der Waals surface area (Å²) in [6.07, 6.45) is 6.11. The van der Waals surface area contributed by atoms with Crippen molar-refractivity contribution in [3.05, 3.63) is 52.8 Å². The molecular formula is C16H22ClN3. The highest BCUT2D eigenvalue weighted by molar-refractivity contribution is 6.30. The van der Waals surface area contributed by atoms with Crippen molar-refractivity contribution >= 4 is 11.6 Å². The third kappa shape index (κ3) is 4.66. The van der Waals surface area contributed by atoms with Gasteiger partial charge in [-0.2, -0.15) is 5.10 Å². The lowest BCUT2D eigenvalue weighted by molar-refractivity contribution is 0.478. The zero-order valence-corrected chi connectivity index (χ0v) is 12.9. The van der Waals surface area contributed by atoms with Crippen LogP contribution in [0.4, 0.5) is 0 Å². The minimum absolute atomic E-state index is 0.553. The molecule has 1 N–H and O–H groups in total. The highest BCUT2D eigenvalue weighted by Gasteiger charge is 2.12. The van der Waals surface area contributed by atoms with Crippen LogP contribution in [0.1, 0.15) is 18.1 Å². The largest absolute Gasteiger partial charge is 0.317 e. The third-order valence-corrected chi connectivity index (χ3v) is 3.61. The van der Waals surface area contributed by atoms with E-state index >= 15 is 0 Å². The highest BCUT2D eigenvalue weighted by Crippen LogP contribution is 2.17. The number of nitrogens with zero attached hydrogens (tertiary/aromatic N) is 2. The molecule has 0 fully saturated rings. The molecule has 2 rings (SSSR count). The summed E-state index contributed by atoms with van der Waals surface area (Å²) in [5.41, 5.74) is 2.58. The van der Waals surface area contributed by atoms with E-state index in [4.69, 9.17) is 11.6 Å². The summed E-state index contributed by atoms with van der Waals surface area (Å²) in [6, 6.07) is 8.15. The molecule has 0 aliphatic heterocycles. The number of benzene rings is 1. The Morgan fingerprint density at radius 2 is 2.10 bits per heavy atom. The Balaban J connectivity index is 2.02. The van der Waals surface area contributed by atoms with Crippen LogP contribution < -0.4 is 5.32 Å². The predicted octanol–water partition coefficient (Wildman–Crippen LogP) is 3.08. The Labute approximate surface area is 126 Å². The second-order valence-electron chi connectivity index (χ2n) is 5.23. The van der Waals surface area contributed by atoms with E-state index < -0.39 is 0 Å². The molecule has 2 aromatic rings. The van der Waals surface area contributed by atoms with Gasteiger partial charge in [0.25, 0.3) is 0 Å². The first-order valence-corrected chi connectivity index (χ1v) is 7.48. The van der Waals surface area contributed by atoms with Crippen molar-refractivity contribution in [1.29, 1.82) is 0 Å².